The first kappa shape index (κ1) is 11.0. The number of carbonyl (C=O) groups is 2. The zero-order valence-corrected chi connectivity index (χ0v) is 8.58. The molecule has 1 amide bonds. The van der Waals surface area contributed by atoms with E-state index in [1.54, 1.807) is 18.7 Å². The molecule has 1 heterocycles. The maximum atomic E-state index is 11.2. The number of piperazine rings is 1. The van der Waals surface area contributed by atoms with E-state index in [2.05, 4.69) is 5.32 Å². The van der Waals surface area contributed by atoms with Crippen molar-refractivity contribution in [2.75, 3.05) is 26.2 Å². The van der Waals surface area contributed by atoms with Gasteiger partial charge >= 0.3 is 5.97 Å². The molecule has 0 aromatic carbocycles. The van der Waals surface area contributed by atoms with Gasteiger partial charge < -0.3 is 10.1 Å². The zero-order chi connectivity index (χ0) is 10.6. The molecule has 0 bridgehead atoms. The lowest BCUT2D eigenvalue weighted by Crippen LogP contribution is -2.49. The van der Waals surface area contributed by atoms with Gasteiger partial charge in [0, 0.05) is 13.1 Å². The Morgan fingerprint density at radius 1 is 1.64 bits per heavy atom. The molecule has 1 fully saturated rings. The van der Waals surface area contributed by atoms with Gasteiger partial charge in [-0.15, -0.1) is 0 Å². The average Bonchev–Trinajstić information content (AvgIpc) is 2.01. The number of nitrogens with zero attached hydrogens (tertiary/aromatic N) is 1. The Hall–Kier alpha value is -1.10. The third-order valence-electron chi connectivity index (χ3n) is 1.84. The first-order chi connectivity index (χ1) is 6.58. The first-order valence-electron chi connectivity index (χ1n) is 4.76. The van der Waals surface area contributed by atoms with Crippen LogP contribution in [0.3, 0.4) is 0 Å². The number of hydrogen-bond donors (Lipinski definition) is 1. The number of ether oxygens (including phenoxy) is 1. The molecule has 0 unspecified atom stereocenters. The fourth-order valence-corrected chi connectivity index (χ4v) is 1.31. The second-order valence-electron chi connectivity index (χ2n) is 3.60. The number of amides is 1. The van der Waals surface area contributed by atoms with Gasteiger partial charge in [-0.05, 0) is 13.8 Å². The van der Waals surface area contributed by atoms with E-state index in [4.69, 9.17) is 4.74 Å². The Balaban J connectivity index is 2.29. The highest BCUT2D eigenvalue weighted by Gasteiger charge is 2.19. The Morgan fingerprint density at radius 3 is 2.93 bits per heavy atom. The largest absolute Gasteiger partial charge is 0.462 e. The van der Waals surface area contributed by atoms with Crippen LogP contribution >= 0.6 is 0 Å². The lowest BCUT2D eigenvalue weighted by atomic mass is 10.3. The molecule has 0 aromatic heterocycles. The van der Waals surface area contributed by atoms with Crippen molar-refractivity contribution in [1.82, 2.24) is 10.2 Å². The van der Waals surface area contributed by atoms with Crippen LogP contribution in [0.2, 0.25) is 0 Å². The molecule has 0 radical (unpaired) electrons. The summed E-state index contributed by atoms with van der Waals surface area (Å²) < 4.78 is 4.98. The van der Waals surface area contributed by atoms with Crippen LogP contribution in [0.15, 0.2) is 0 Å². The van der Waals surface area contributed by atoms with Crippen molar-refractivity contribution in [1.29, 1.82) is 0 Å². The molecular formula is C9H16N2O3. The molecule has 0 spiro atoms. The van der Waals surface area contributed by atoms with Gasteiger partial charge in [-0.2, -0.15) is 0 Å². The van der Waals surface area contributed by atoms with Crippen molar-refractivity contribution in [2.24, 2.45) is 0 Å². The second-order valence-corrected chi connectivity index (χ2v) is 3.60. The molecule has 0 aliphatic carbocycles. The van der Waals surface area contributed by atoms with E-state index in [1.165, 1.54) is 0 Å². The van der Waals surface area contributed by atoms with Crippen molar-refractivity contribution in [2.45, 2.75) is 20.0 Å². The Bertz CT molecular complexity index is 228. The summed E-state index contributed by atoms with van der Waals surface area (Å²) in [5.41, 5.74) is 0. The van der Waals surface area contributed by atoms with E-state index >= 15 is 0 Å². The SMILES string of the molecule is CC(C)OC(=O)CN1CCNC(=O)C1. The molecule has 0 atom stereocenters. The molecule has 1 rings (SSSR count). The van der Waals surface area contributed by atoms with E-state index in [0.29, 0.717) is 13.1 Å². The summed E-state index contributed by atoms with van der Waals surface area (Å²) in [6, 6.07) is 0. The first-order valence-corrected chi connectivity index (χ1v) is 4.76. The Kier molecular flexibility index (Phi) is 3.88. The van der Waals surface area contributed by atoms with Crippen LogP contribution in [0.5, 0.6) is 0 Å². The lowest BCUT2D eigenvalue weighted by Gasteiger charge is -2.25. The van der Waals surface area contributed by atoms with E-state index < -0.39 is 0 Å². The van der Waals surface area contributed by atoms with Crippen LogP contribution in [-0.2, 0) is 14.3 Å². The maximum absolute atomic E-state index is 11.2. The zero-order valence-electron chi connectivity index (χ0n) is 8.58. The van der Waals surface area contributed by atoms with Gasteiger partial charge in [0.15, 0.2) is 0 Å². The lowest BCUT2D eigenvalue weighted by molar-refractivity contribution is -0.149. The van der Waals surface area contributed by atoms with Gasteiger partial charge in [0.05, 0.1) is 19.2 Å². The number of nitrogens with one attached hydrogen (secondary N) is 1. The van der Waals surface area contributed by atoms with Gasteiger partial charge in [-0.1, -0.05) is 0 Å². The molecule has 80 valence electrons. The Morgan fingerprint density at radius 2 is 2.36 bits per heavy atom. The van der Waals surface area contributed by atoms with E-state index in [-0.39, 0.29) is 31.1 Å². The molecule has 1 aliphatic heterocycles. The van der Waals surface area contributed by atoms with Crippen LogP contribution in [0.4, 0.5) is 0 Å². The quantitative estimate of drug-likeness (QED) is 0.616. The summed E-state index contributed by atoms with van der Waals surface area (Å²) in [7, 11) is 0. The average molecular weight is 200 g/mol. The topological polar surface area (TPSA) is 58.6 Å². The fourth-order valence-electron chi connectivity index (χ4n) is 1.31. The van der Waals surface area contributed by atoms with Gasteiger partial charge in [-0.3, -0.25) is 14.5 Å². The van der Waals surface area contributed by atoms with E-state index in [1.807, 2.05) is 0 Å². The predicted molar refractivity (Wildman–Crippen MR) is 50.7 cm³/mol. The molecule has 5 heteroatoms. The normalized spacial score (nSPS) is 18.1. The minimum atomic E-state index is -0.269. The fraction of sp³-hybridized carbons (Fsp3) is 0.778. The third-order valence-corrected chi connectivity index (χ3v) is 1.84. The van der Waals surface area contributed by atoms with Gasteiger partial charge in [0.1, 0.15) is 0 Å². The highest BCUT2D eigenvalue weighted by molar-refractivity contribution is 5.80. The monoisotopic (exact) mass is 200 g/mol. The summed E-state index contributed by atoms with van der Waals surface area (Å²) in [4.78, 5) is 24.0. The summed E-state index contributed by atoms with van der Waals surface area (Å²) in [6.07, 6.45) is -0.0962. The van der Waals surface area contributed by atoms with E-state index in [0.717, 1.165) is 0 Å². The number of hydrogen-bond acceptors (Lipinski definition) is 4. The van der Waals surface area contributed by atoms with Crippen molar-refractivity contribution in [3.63, 3.8) is 0 Å². The van der Waals surface area contributed by atoms with Gasteiger partial charge in [-0.25, -0.2) is 0 Å². The smallest absolute Gasteiger partial charge is 0.320 e. The number of rotatable bonds is 3. The van der Waals surface area contributed by atoms with Gasteiger partial charge in [0.25, 0.3) is 0 Å². The van der Waals surface area contributed by atoms with Crippen LogP contribution in [0, 0.1) is 0 Å². The maximum Gasteiger partial charge on any atom is 0.320 e. The standard InChI is InChI=1S/C9H16N2O3/c1-7(2)14-9(13)6-11-4-3-10-8(12)5-11/h7H,3-6H2,1-2H3,(H,10,12). The van der Waals surface area contributed by atoms with Crippen molar-refractivity contribution in [3.8, 4) is 0 Å². The summed E-state index contributed by atoms with van der Waals surface area (Å²) in [5, 5.41) is 2.69. The molecule has 14 heavy (non-hydrogen) atoms. The van der Waals surface area contributed by atoms with Gasteiger partial charge in [0.2, 0.25) is 5.91 Å². The molecular weight excluding hydrogens is 184 g/mol. The van der Waals surface area contributed by atoms with Crippen LogP contribution < -0.4 is 5.32 Å². The molecule has 0 aromatic rings. The molecule has 1 N–H and O–H groups in total. The molecule has 0 saturated carbocycles. The summed E-state index contributed by atoms with van der Waals surface area (Å²) in [5.74, 6) is -0.303. The second kappa shape index (κ2) is 4.95. The summed E-state index contributed by atoms with van der Waals surface area (Å²) >= 11 is 0. The minimum Gasteiger partial charge on any atom is -0.462 e. The van der Waals surface area contributed by atoms with Crippen LogP contribution in [0.25, 0.3) is 0 Å². The van der Waals surface area contributed by atoms with Crippen LogP contribution in [0.1, 0.15) is 13.8 Å². The number of esters is 1. The van der Waals surface area contributed by atoms with E-state index in [9.17, 15) is 9.59 Å². The van der Waals surface area contributed by atoms with Crippen molar-refractivity contribution in [3.05, 3.63) is 0 Å². The van der Waals surface area contributed by atoms with Crippen molar-refractivity contribution >= 4 is 11.9 Å². The summed E-state index contributed by atoms with van der Waals surface area (Å²) in [6.45, 7) is 5.41. The minimum absolute atomic E-state index is 0.0337. The molecule has 1 saturated heterocycles. The Labute approximate surface area is 83.4 Å². The highest BCUT2D eigenvalue weighted by atomic mass is 16.5. The van der Waals surface area contributed by atoms with Crippen molar-refractivity contribution < 1.29 is 14.3 Å². The number of carbonyl (C=O) groups excluding carboxylic acids is 2. The van der Waals surface area contributed by atoms with Crippen LogP contribution in [-0.4, -0.2) is 49.1 Å². The highest BCUT2D eigenvalue weighted by Crippen LogP contribution is 1.96. The third kappa shape index (κ3) is 3.74. The predicted octanol–water partition coefficient (Wildman–Crippen LogP) is -0.630. The molecule has 5 nitrogen and oxygen atoms in total. The molecule has 1 aliphatic rings.